The molecule has 9 heteroatoms. The molecule has 0 bridgehead atoms. The van der Waals surface area contributed by atoms with Crippen LogP contribution in [0.2, 0.25) is 5.02 Å². The summed E-state index contributed by atoms with van der Waals surface area (Å²) in [6, 6.07) is 11.2. The Hall–Kier alpha value is -3.78. The first-order valence-corrected chi connectivity index (χ1v) is 9.54. The first kappa shape index (κ1) is 18.3. The van der Waals surface area contributed by atoms with Crippen LogP contribution < -0.4 is 10.1 Å². The van der Waals surface area contributed by atoms with Gasteiger partial charge in [0.2, 0.25) is 0 Å². The molecule has 30 heavy (non-hydrogen) atoms. The highest BCUT2D eigenvalue weighted by atomic mass is 35.5. The van der Waals surface area contributed by atoms with Gasteiger partial charge in [0.25, 0.3) is 0 Å². The number of anilines is 2. The fourth-order valence-electron chi connectivity index (χ4n) is 3.14. The predicted octanol–water partition coefficient (Wildman–Crippen LogP) is 4.80. The molecule has 0 aliphatic heterocycles. The Kier molecular flexibility index (Phi) is 4.40. The lowest BCUT2D eigenvalue weighted by atomic mass is 10.2. The van der Waals surface area contributed by atoms with E-state index < -0.39 is 0 Å². The molecule has 0 fully saturated rings. The van der Waals surface area contributed by atoms with Crippen molar-refractivity contribution in [3.05, 3.63) is 66.1 Å². The molecule has 0 aliphatic rings. The summed E-state index contributed by atoms with van der Waals surface area (Å²) in [7, 11) is 1.95. The number of halogens is 1. The van der Waals surface area contributed by atoms with Crippen molar-refractivity contribution in [3.8, 4) is 11.5 Å². The van der Waals surface area contributed by atoms with Gasteiger partial charge in [-0.15, -0.1) is 0 Å². The van der Waals surface area contributed by atoms with Crippen molar-refractivity contribution in [2.45, 2.75) is 6.92 Å². The molecule has 0 radical (unpaired) electrons. The van der Waals surface area contributed by atoms with Crippen LogP contribution in [0.15, 0.2) is 55.2 Å². The second-order valence-electron chi connectivity index (χ2n) is 6.75. The van der Waals surface area contributed by atoms with Crippen LogP contribution in [0, 0.1) is 6.92 Å². The maximum atomic E-state index is 6.47. The average molecular weight is 418 g/mol. The Morgan fingerprint density at radius 3 is 2.77 bits per heavy atom. The molecule has 0 atom stereocenters. The number of benzene rings is 2. The summed E-state index contributed by atoms with van der Waals surface area (Å²) in [4.78, 5) is 21.4. The molecule has 3 aromatic heterocycles. The molecule has 8 nitrogen and oxygen atoms in total. The second kappa shape index (κ2) is 7.23. The monoisotopic (exact) mass is 417 g/mol. The van der Waals surface area contributed by atoms with E-state index >= 15 is 0 Å². The first-order chi connectivity index (χ1) is 14.6. The van der Waals surface area contributed by atoms with E-state index in [1.165, 1.54) is 6.33 Å². The Bertz CT molecular complexity index is 1400. The van der Waals surface area contributed by atoms with Crippen LogP contribution in [-0.2, 0) is 7.05 Å². The van der Waals surface area contributed by atoms with Crippen LogP contribution in [0.3, 0.4) is 0 Å². The minimum Gasteiger partial charge on any atom is -0.456 e. The number of nitrogens with zero attached hydrogens (tertiary/aromatic N) is 6. The normalized spacial score (nSPS) is 11.2. The fraction of sp³-hybridized carbons (Fsp3) is 0.0952. The van der Waals surface area contributed by atoms with Gasteiger partial charge in [0.05, 0.1) is 28.6 Å². The van der Waals surface area contributed by atoms with Crippen molar-refractivity contribution >= 4 is 45.2 Å². The van der Waals surface area contributed by atoms with Crippen molar-refractivity contribution in [2.75, 3.05) is 5.32 Å². The fourth-order valence-corrected chi connectivity index (χ4v) is 3.36. The summed E-state index contributed by atoms with van der Waals surface area (Å²) in [6.45, 7) is 1.82. The van der Waals surface area contributed by atoms with E-state index in [0.717, 1.165) is 16.7 Å². The zero-order valence-corrected chi connectivity index (χ0v) is 16.9. The van der Waals surface area contributed by atoms with E-state index in [4.69, 9.17) is 16.3 Å². The van der Waals surface area contributed by atoms with Gasteiger partial charge in [-0.3, -0.25) is 0 Å². The van der Waals surface area contributed by atoms with E-state index in [1.54, 1.807) is 24.7 Å². The smallest absolute Gasteiger partial charge is 0.160 e. The lowest BCUT2D eigenvalue weighted by molar-refractivity contribution is 0.483. The number of rotatable bonds is 4. The standard InChI is InChI=1S/C21H16ClN7O/c1-12-23-9-17-20(27-12)21(25-10-24-17)28-13-3-6-19(15(22)7-13)30-14-4-5-18-16(8-14)26-11-29(18)2/h3-11H,1-2H3,(H,24,25,28). The van der Waals surface area contributed by atoms with Crippen LogP contribution in [0.4, 0.5) is 11.5 Å². The Balaban J connectivity index is 1.41. The van der Waals surface area contributed by atoms with E-state index in [0.29, 0.717) is 39.2 Å². The van der Waals surface area contributed by atoms with Gasteiger partial charge in [-0.05, 0) is 37.3 Å². The molecule has 0 unspecified atom stereocenters. The highest BCUT2D eigenvalue weighted by Gasteiger charge is 2.10. The van der Waals surface area contributed by atoms with Crippen molar-refractivity contribution in [3.63, 3.8) is 0 Å². The van der Waals surface area contributed by atoms with E-state index in [1.807, 2.05) is 42.8 Å². The van der Waals surface area contributed by atoms with Crippen LogP contribution >= 0.6 is 11.6 Å². The zero-order valence-electron chi connectivity index (χ0n) is 16.2. The van der Waals surface area contributed by atoms with Gasteiger partial charge in [0.15, 0.2) is 5.82 Å². The molecular weight excluding hydrogens is 402 g/mol. The highest BCUT2D eigenvalue weighted by molar-refractivity contribution is 6.32. The SMILES string of the molecule is Cc1ncc2ncnc(Nc3ccc(Oc4ccc5c(c4)ncn5C)c(Cl)c3)c2n1. The topological polar surface area (TPSA) is 90.6 Å². The minimum absolute atomic E-state index is 0.463. The van der Waals surface area contributed by atoms with Gasteiger partial charge in [0.1, 0.15) is 34.7 Å². The summed E-state index contributed by atoms with van der Waals surface area (Å²) >= 11 is 6.47. The number of ether oxygens (including phenoxy) is 1. The van der Waals surface area contributed by atoms with Gasteiger partial charge in [-0.25, -0.2) is 24.9 Å². The first-order valence-electron chi connectivity index (χ1n) is 9.17. The second-order valence-corrected chi connectivity index (χ2v) is 7.16. The molecule has 5 rings (SSSR count). The molecule has 0 saturated carbocycles. The summed E-state index contributed by atoms with van der Waals surface area (Å²) < 4.78 is 7.92. The number of aryl methyl sites for hydroxylation is 2. The molecule has 0 aliphatic carbocycles. The molecule has 2 aromatic carbocycles. The zero-order chi connectivity index (χ0) is 20.7. The summed E-state index contributed by atoms with van der Waals surface area (Å²) in [5.74, 6) is 2.43. The van der Waals surface area contributed by atoms with Gasteiger partial charge < -0.3 is 14.6 Å². The molecular formula is C21H16ClN7O. The van der Waals surface area contributed by atoms with E-state index in [9.17, 15) is 0 Å². The maximum absolute atomic E-state index is 6.47. The molecule has 148 valence electrons. The summed E-state index contributed by atoms with van der Waals surface area (Å²) in [5, 5.41) is 3.70. The summed E-state index contributed by atoms with van der Waals surface area (Å²) in [6.07, 6.45) is 4.91. The van der Waals surface area contributed by atoms with Crippen LogP contribution in [0.1, 0.15) is 5.82 Å². The third-order valence-electron chi connectivity index (χ3n) is 4.62. The minimum atomic E-state index is 0.463. The Morgan fingerprint density at radius 2 is 1.90 bits per heavy atom. The van der Waals surface area contributed by atoms with Crippen LogP contribution in [-0.4, -0.2) is 29.5 Å². The van der Waals surface area contributed by atoms with Crippen molar-refractivity contribution in [1.29, 1.82) is 0 Å². The lowest BCUT2D eigenvalue weighted by Gasteiger charge is -2.11. The van der Waals surface area contributed by atoms with Gasteiger partial charge in [0, 0.05) is 18.8 Å². The number of hydrogen-bond acceptors (Lipinski definition) is 7. The molecule has 0 saturated heterocycles. The molecule has 5 aromatic rings. The van der Waals surface area contributed by atoms with Gasteiger partial charge >= 0.3 is 0 Å². The van der Waals surface area contributed by atoms with E-state index in [2.05, 4.69) is 30.2 Å². The average Bonchev–Trinajstić information content (AvgIpc) is 3.11. The van der Waals surface area contributed by atoms with Gasteiger partial charge in [-0.2, -0.15) is 0 Å². The van der Waals surface area contributed by atoms with Crippen LogP contribution in [0.25, 0.3) is 22.1 Å². The number of hydrogen-bond donors (Lipinski definition) is 1. The lowest BCUT2D eigenvalue weighted by Crippen LogP contribution is -1.99. The highest BCUT2D eigenvalue weighted by Crippen LogP contribution is 2.33. The third kappa shape index (κ3) is 3.37. The van der Waals surface area contributed by atoms with Gasteiger partial charge in [-0.1, -0.05) is 11.6 Å². The quantitative estimate of drug-likeness (QED) is 0.449. The number of fused-ring (bicyclic) bond motifs is 2. The Labute approximate surface area is 176 Å². The largest absolute Gasteiger partial charge is 0.456 e. The number of aromatic nitrogens is 6. The molecule has 0 amide bonds. The van der Waals surface area contributed by atoms with Crippen molar-refractivity contribution in [1.82, 2.24) is 29.5 Å². The summed E-state index contributed by atoms with van der Waals surface area (Å²) in [5.41, 5.74) is 3.95. The number of imidazole rings is 1. The Morgan fingerprint density at radius 1 is 1.00 bits per heavy atom. The molecule has 3 heterocycles. The number of nitrogens with one attached hydrogen (secondary N) is 1. The third-order valence-corrected chi connectivity index (χ3v) is 4.91. The van der Waals surface area contributed by atoms with Crippen molar-refractivity contribution < 1.29 is 4.74 Å². The predicted molar refractivity (Wildman–Crippen MR) is 115 cm³/mol. The van der Waals surface area contributed by atoms with E-state index in [-0.39, 0.29) is 0 Å². The molecule has 1 N–H and O–H groups in total. The maximum Gasteiger partial charge on any atom is 0.160 e. The molecule has 0 spiro atoms. The van der Waals surface area contributed by atoms with Crippen molar-refractivity contribution in [2.24, 2.45) is 7.05 Å². The van der Waals surface area contributed by atoms with Crippen LogP contribution in [0.5, 0.6) is 11.5 Å².